The molecule has 0 spiro atoms. The third-order valence-corrected chi connectivity index (χ3v) is 5.59. The molecule has 4 aromatic rings. The minimum atomic E-state index is -0.129. The number of carbonyl (C=O) groups excluding carboxylic acids is 1. The maximum Gasteiger partial charge on any atom is 0.272 e. The number of H-pyrrole nitrogens is 1. The Morgan fingerprint density at radius 2 is 2.00 bits per heavy atom. The van der Waals surface area contributed by atoms with Gasteiger partial charge in [-0.2, -0.15) is 5.10 Å². The molecular weight excluding hydrogens is 388 g/mol. The zero-order valence-corrected chi connectivity index (χ0v) is 17.5. The van der Waals surface area contributed by atoms with Gasteiger partial charge in [-0.05, 0) is 42.8 Å². The van der Waals surface area contributed by atoms with Crippen LogP contribution in [0.3, 0.4) is 0 Å². The minimum Gasteiger partial charge on any atom is -0.368 e. The van der Waals surface area contributed by atoms with Crippen molar-refractivity contribution in [2.24, 2.45) is 7.05 Å². The van der Waals surface area contributed by atoms with Crippen LogP contribution in [0.5, 0.6) is 0 Å². The highest BCUT2D eigenvalue weighted by Crippen LogP contribution is 2.36. The second kappa shape index (κ2) is 7.68. The molecule has 1 aliphatic rings. The van der Waals surface area contributed by atoms with Crippen LogP contribution >= 0.6 is 0 Å². The average molecular weight is 412 g/mol. The Labute approximate surface area is 180 Å². The largest absolute Gasteiger partial charge is 0.368 e. The van der Waals surface area contributed by atoms with E-state index < -0.39 is 0 Å². The van der Waals surface area contributed by atoms with Crippen LogP contribution in [0, 0.1) is 0 Å². The van der Waals surface area contributed by atoms with E-state index in [2.05, 4.69) is 40.9 Å². The predicted octanol–water partition coefficient (Wildman–Crippen LogP) is 4.35. The smallest absolute Gasteiger partial charge is 0.272 e. The Bertz CT molecular complexity index is 1270. The van der Waals surface area contributed by atoms with Gasteiger partial charge in [0.15, 0.2) is 0 Å². The number of aryl methyl sites for hydroxylation is 2. The highest BCUT2D eigenvalue weighted by atomic mass is 16.1. The second-order valence-electron chi connectivity index (χ2n) is 7.55. The highest BCUT2D eigenvalue weighted by Gasteiger charge is 2.21. The van der Waals surface area contributed by atoms with Gasteiger partial charge in [0.25, 0.3) is 5.91 Å². The van der Waals surface area contributed by atoms with Gasteiger partial charge >= 0.3 is 0 Å². The molecule has 1 aromatic carbocycles. The molecule has 156 valence electrons. The van der Waals surface area contributed by atoms with Crippen molar-refractivity contribution in [3.8, 4) is 11.3 Å². The molecule has 0 saturated heterocycles. The van der Waals surface area contributed by atoms with Gasteiger partial charge in [-0.15, -0.1) is 0 Å². The standard InChI is InChI=1S/C24H24N6O/c1-3-30-15-20(18-10-12-25-23-19(18)11-13-26-23)22(28-30)16-6-8-17(9-7-16)27-24(31)21-5-4-14-29(21)2/h4-11,13-15,25-26H,3,12H2,1-2H3,(H,27,31). The van der Waals surface area contributed by atoms with E-state index in [0.717, 1.165) is 47.0 Å². The number of hydrogen-bond acceptors (Lipinski definition) is 3. The van der Waals surface area contributed by atoms with E-state index in [4.69, 9.17) is 5.10 Å². The van der Waals surface area contributed by atoms with E-state index in [1.165, 1.54) is 5.57 Å². The van der Waals surface area contributed by atoms with Gasteiger partial charge in [0, 0.05) is 61.1 Å². The first kappa shape index (κ1) is 19.0. The zero-order valence-electron chi connectivity index (χ0n) is 17.5. The summed E-state index contributed by atoms with van der Waals surface area (Å²) < 4.78 is 3.76. The van der Waals surface area contributed by atoms with E-state index in [1.807, 2.05) is 54.5 Å². The molecule has 3 aromatic heterocycles. The first-order chi connectivity index (χ1) is 15.1. The van der Waals surface area contributed by atoms with Gasteiger partial charge in [0.1, 0.15) is 17.2 Å². The minimum absolute atomic E-state index is 0.129. The lowest BCUT2D eigenvalue weighted by Crippen LogP contribution is -2.15. The number of fused-ring (bicyclic) bond motifs is 1. The SMILES string of the molecule is CCn1cc(C2=CCNc3[nH]ccc32)c(-c2ccc(NC(=O)c3cccn3C)cc2)n1. The monoisotopic (exact) mass is 412 g/mol. The van der Waals surface area contributed by atoms with E-state index in [-0.39, 0.29) is 5.91 Å². The molecule has 31 heavy (non-hydrogen) atoms. The molecule has 3 N–H and O–H groups in total. The molecule has 7 nitrogen and oxygen atoms in total. The van der Waals surface area contributed by atoms with Crippen molar-refractivity contribution in [1.29, 1.82) is 0 Å². The summed E-state index contributed by atoms with van der Waals surface area (Å²) >= 11 is 0. The molecule has 0 aliphatic carbocycles. The summed E-state index contributed by atoms with van der Waals surface area (Å²) in [5.74, 6) is 0.905. The molecule has 4 heterocycles. The number of hydrogen-bond donors (Lipinski definition) is 3. The molecule has 0 saturated carbocycles. The Hall–Kier alpha value is -4.00. The summed E-state index contributed by atoms with van der Waals surface area (Å²) in [7, 11) is 1.86. The van der Waals surface area contributed by atoms with Crippen LogP contribution in [0.1, 0.15) is 28.5 Å². The lowest BCUT2D eigenvalue weighted by atomic mass is 9.95. The van der Waals surface area contributed by atoms with Crippen molar-refractivity contribution < 1.29 is 4.79 Å². The maximum absolute atomic E-state index is 12.5. The predicted molar refractivity (Wildman–Crippen MR) is 123 cm³/mol. The number of nitrogens with zero attached hydrogens (tertiary/aromatic N) is 3. The first-order valence-electron chi connectivity index (χ1n) is 10.4. The number of nitrogens with one attached hydrogen (secondary N) is 3. The Balaban J connectivity index is 1.46. The fraction of sp³-hybridized carbons (Fsp3) is 0.167. The Kier molecular flexibility index (Phi) is 4.71. The van der Waals surface area contributed by atoms with Crippen molar-refractivity contribution >= 4 is 23.0 Å². The molecule has 0 unspecified atom stereocenters. The number of aromatic amines is 1. The van der Waals surface area contributed by atoms with E-state index in [9.17, 15) is 4.79 Å². The number of carbonyl (C=O) groups is 1. The van der Waals surface area contributed by atoms with Crippen molar-refractivity contribution in [2.75, 3.05) is 17.2 Å². The van der Waals surface area contributed by atoms with E-state index in [0.29, 0.717) is 5.69 Å². The number of benzene rings is 1. The third-order valence-electron chi connectivity index (χ3n) is 5.59. The van der Waals surface area contributed by atoms with Crippen LogP contribution in [-0.2, 0) is 13.6 Å². The first-order valence-corrected chi connectivity index (χ1v) is 10.4. The van der Waals surface area contributed by atoms with Gasteiger partial charge in [-0.25, -0.2) is 0 Å². The van der Waals surface area contributed by atoms with Crippen molar-refractivity contribution in [1.82, 2.24) is 19.3 Å². The summed E-state index contributed by atoms with van der Waals surface area (Å²) in [6.45, 7) is 3.65. The Morgan fingerprint density at radius 3 is 2.74 bits per heavy atom. The fourth-order valence-electron chi connectivity index (χ4n) is 3.96. The summed E-state index contributed by atoms with van der Waals surface area (Å²) in [5, 5.41) is 11.1. The fourth-order valence-corrected chi connectivity index (χ4v) is 3.96. The van der Waals surface area contributed by atoms with Crippen molar-refractivity contribution in [3.05, 3.63) is 84.0 Å². The molecule has 0 atom stereocenters. The highest BCUT2D eigenvalue weighted by molar-refractivity contribution is 6.03. The number of aromatic nitrogens is 4. The molecule has 5 rings (SSSR count). The lowest BCUT2D eigenvalue weighted by Gasteiger charge is -2.16. The van der Waals surface area contributed by atoms with Crippen LogP contribution in [0.25, 0.3) is 16.8 Å². The topological polar surface area (TPSA) is 79.7 Å². The van der Waals surface area contributed by atoms with Crippen LogP contribution in [0.4, 0.5) is 11.5 Å². The Morgan fingerprint density at radius 1 is 1.16 bits per heavy atom. The zero-order chi connectivity index (χ0) is 21.4. The van der Waals surface area contributed by atoms with Crippen LogP contribution in [0.2, 0.25) is 0 Å². The molecule has 7 heteroatoms. The van der Waals surface area contributed by atoms with Gasteiger partial charge in [0.2, 0.25) is 0 Å². The maximum atomic E-state index is 12.5. The van der Waals surface area contributed by atoms with Crippen molar-refractivity contribution in [2.45, 2.75) is 13.5 Å². The molecule has 0 bridgehead atoms. The summed E-state index contributed by atoms with van der Waals surface area (Å²) in [6, 6.07) is 13.6. The van der Waals surface area contributed by atoms with Gasteiger partial charge in [-0.3, -0.25) is 9.48 Å². The van der Waals surface area contributed by atoms with Crippen LogP contribution < -0.4 is 10.6 Å². The van der Waals surface area contributed by atoms with Crippen LogP contribution in [0.15, 0.2) is 67.1 Å². The summed E-state index contributed by atoms with van der Waals surface area (Å²) in [5.41, 5.74) is 6.73. The van der Waals surface area contributed by atoms with Gasteiger partial charge in [-0.1, -0.05) is 18.2 Å². The number of amides is 1. The third kappa shape index (κ3) is 3.44. The van der Waals surface area contributed by atoms with Crippen molar-refractivity contribution in [3.63, 3.8) is 0 Å². The van der Waals surface area contributed by atoms with Gasteiger partial charge < -0.3 is 20.2 Å². The lowest BCUT2D eigenvalue weighted by molar-refractivity contribution is 0.101. The van der Waals surface area contributed by atoms with Crippen LogP contribution in [-0.4, -0.2) is 31.8 Å². The molecule has 0 fully saturated rings. The normalized spacial score (nSPS) is 12.8. The summed E-state index contributed by atoms with van der Waals surface area (Å²) in [4.78, 5) is 15.7. The average Bonchev–Trinajstić information content (AvgIpc) is 3.53. The van der Waals surface area contributed by atoms with Gasteiger partial charge in [0.05, 0.1) is 0 Å². The molecule has 1 aliphatic heterocycles. The molecule has 1 amide bonds. The van der Waals surface area contributed by atoms with E-state index in [1.54, 1.807) is 10.6 Å². The number of anilines is 2. The molecule has 0 radical (unpaired) electrons. The summed E-state index contributed by atoms with van der Waals surface area (Å²) in [6.07, 6.45) is 8.11. The number of rotatable bonds is 5. The van der Waals surface area contributed by atoms with E-state index >= 15 is 0 Å². The quantitative estimate of drug-likeness (QED) is 0.456. The molecular formula is C24H24N6O. The second-order valence-corrected chi connectivity index (χ2v) is 7.55.